The minimum absolute atomic E-state index is 0.248. The van der Waals surface area contributed by atoms with E-state index in [2.05, 4.69) is 5.10 Å². The molecule has 0 aliphatic heterocycles. The monoisotopic (exact) mass is 269 g/mol. The van der Waals surface area contributed by atoms with Crippen molar-refractivity contribution in [2.24, 2.45) is 5.73 Å². The summed E-state index contributed by atoms with van der Waals surface area (Å²) in [6, 6.07) is 6.64. The summed E-state index contributed by atoms with van der Waals surface area (Å²) in [7, 11) is 0. The Balaban J connectivity index is 2.72. The average Bonchev–Trinajstić information content (AvgIpc) is 2.60. The fourth-order valence-corrected chi connectivity index (χ4v) is 2.09. The third kappa shape index (κ3) is 2.14. The van der Waals surface area contributed by atoms with Crippen LogP contribution in [-0.2, 0) is 0 Å². The predicted molar refractivity (Wildman–Crippen MR) is 66.8 cm³/mol. The molecule has 1 aromatic carbocycles. The first-order valence-corrected chi connectivity index (χ1v) is 5.57. The number of aromatic nitrogens is 2. The maximum atomic E-state index is 11.3. The van der Waals surface area contributed by atoms with Gasteiger partial charge in [0.1, 0.15) is 11.4 Å². The molecule has 0 saturated carbocycles. The van der Waals surface area contributed by atoms with Gasteiger partial charge in [0.15, 0.2) is 0 Å². The predicted octanol–water partition coefficient (Wildman–Crippen LogP) is 2.59. The highest BCUT2D eigenvalue weighted by molar-refractivity contribution is 6.37. The van der Waals surface area contributed by atoms with Crippen molar-refractivity contribution < 1.29 is 4.79 Å². The van der Waals surface area contributed by atoms with Gasteiger partial charge < -0.3 is 5.73 Å². The molecule has 0 aliphatic carbocycles. The van der Waals surface area contributed by atoms with Crippen LogP contribution in [0, 0.1) is 6.92 Å². The van der Waals surface area contributed by atoms with Crippen LogP contribution in [0.25, 0.3) is 5.69 Å². The molecule has 88 valence electrons. The molecule has 2 N–H and O–H groups in total. The molecule has 4 nitrogen and oxygen atoms in total. The molecule has 0 aliphatic rings. The quantitative estimate of drug-likeness (QED) is 0.911. The molecule has 0 atom stereocenters. The van der Waals surface area contributed by atoms with Crippen LogP contribution >= 0.6 is 23.2 Å². The Morgan fingerprint density at radius 1 is 1.35 bits per heavy atom. The number of nitrogens with two attached hydrogens (primary N) is 1. The number of hydrogen-bond donors (Lipinski definition) is 1. The number of benzene rings is 1. The van der Waals surface area contributed by atoms with Crippen LogP contribution in [0.4, 0.5) is 0 Å². The number of amides is 1. The Morgan fingerprint density at radius 2 is 1.94 bits per heavy atom. The van der Waals surface area contributed by atoms with E-state index in [4.69, 9.17) is 28.9 Å². The number of para-hydroxylation sites is 1. The van der Waals surface area contributed by atoms with Gasteiger partial charge in [0.05, 0.1) is 15.7 Å². The molecule has 1 aromatic heterocycles. The number of rotatable bonds is 2. The summed E-state index contributed by atoms with van der Waals surface area (Å²) in [5, 5.41) is 4.98. The van der Waals surface area contributed by atoms with Crippen LogP contribution in [0.2, 0.25) is 10.0 Å². The number of halogens is 2. The van der Waals surface area contributed by atoms with Crippen molar-refractivity contribution in [3.05, 3.63) is 45.7 Å². The van der Waals surface area contributed by atoms with Gasteiger partial charge in [-0.05, 0) is 25.1 Å². The highest BCUT2D eigenvalue weighted by atomic mass is 35.5. The largest absolute Gasteiger partial charge is 0.364 e. The van der Waals surface area contributed by atoms with Gasteiger partial charge in [-0.1, -0.05) is 29.3 Å². The van der Waals surface area contributed by atoms with Gasteiger partial charge in [-0.15, -0.1) is 0 Å². The zero-order chi connectivity index (χ0) is 12.6. The maximum absolute atomic E-state index is 11.3. The Hall–Kier alpha value is -1.52. The van der Waals surface area contributed by atoms with Crippen LogP contribution in [0.3, 0.4) is 0 Å². The molecule has 1 heterocycles. The molecule has 2 rings (SSSR count). The van der Waals surface area contributed by atoms with E-state index in [1.807, 2.05) is 0 Å². The molecule has 17 heavy (non-hydrogen) atoms. The Bertz CT molecular complexity index is 572. The number of primary amides is 1. The van der Waals surface area contributed by atoms with Gasteiger partial charge in [0.25, 0.3) is 5.91 Å². The summed E-state index contributed by atoms with van der Waals surface area (Å²) in [6.07, 6.45) is 0. The minimum Gasteiger partial charge on any atom is -0.364 e. The summed E-state index contributed by atoms with van der Waals surface area (Å²) in [6.45, 7) is 1.76. The average molecular weight is 270 g/mol. The van der Waals surface area contributed by atoms with Gasteiger partial charge in [-0.2, -0.15) is 5.10 Å². The topological polar surface area (TPSA) is 60.9 Å². The van der Waals surface area contributed by atoms with Crippen molar-refractivity contribution >= 4 is 29.1 Å². The molecular formula is C11H9Cl2N3O. The number of nitrogens with zero attached hydrogens (tertiary/aromatic N) is 2. The Morgan fingerprint density at radius 3 is 2.47 bits per heavy atom. The second-order valence-corrected chi connectivity index (χ2v) is 4.33. The summed E-state index contributed by atoms with van der Waals surface area (Å²) in [5.74, 6) is -0.582. The number of aryl methyl sites for hydroxylation is 1. The van der Waals surface area contributed by atoms with Crippen molar-refractivity contribution in [3.63, 3.8) is 0 Å². The molecule has 2 aromatic rings. The summed E-state index contributed by atoms with van der Waals surface area (Å²) < 4.78 is 1.36. The van der Waals surface area contributed by atoms with E-state index >= 15 is 0 Å². The van der Waals surface area contributed by atoms with Gasteiger partial charge >= 0.3 is 0 Å². The lowest BCUT2D eigenvalue weighted by Gasteiger charge is -2.08. The first-order chi connectivity index (χ1) is 8.00. The van der Waals surface area contributed by atoms with Crippen LogP contribution in [0.1, 0.15) is 16.2 Å². The summed E-state index contributed by atoms with van der Waals surface area (Å²) >= 11 is 12.1. The van der Waals surface area contributed by atoms with Gasteiger partial charge in [0, 0.05) is 0 Å². The third-order valence-corrected chi connectivity index (χ3v) is 2.84. The van der Waals surface area contributed by atoms with E-state index in [1.54, 1.807) is 31.2 Å². The first kappa shape index (κ1) is 12.0. The molecule has 0 unspecified atom stereocenters. The molecule has 0 spiro atoms. The molecule has 0 bridgehead atoms. The molecule has 0 radical (unpaired) electrons. The zero-order valence-electron chi connectivity index (χ0n) is 8.95. The van der Waals surface area contributed by atoms with Crippen molar-refractivity contribution in [2.45, 2.75) is 6.92 Å². The molecule has 0 fully saturated rings. The SMILES string of the molecule is Cc1cc(C(N)=O)n(-c2c(Cl)cccc2Cl)n1. The van der Waals surface area contributed by atoms with Crippen molar-refractivity contribution in [1.82, 2.24) is 9.78 Å². The fraction of sp³-hybridized carbons (Fsp3) is 0.0909. The molecular weight excluding hydrogens is 261 g/mol. The third-order valence-electron chi connectivity index (χ3n) is 2.23. The van der Waals surface area contributed by atoms with E-state index < -0.39 is 5.91 Å². The minimum atomic E-state index is -0.582. The van der Waals surface area contributed by atoms with E-state index in [1.165, 1.54) is 4.68 Å². The smallest absolute Gasteiger partial charge is 0.267 e. The zero-order valence-corrected chi connectivity index (χ0v) is 10.5. The van der Waals surface area contributed by atoms with Crippen molar-refractivity contribution in [2.75, 3.05) is 0 Å². The van der Waals surface area contributed by atoms with Crippen LogP contribution in [-0.4, -0.2) is 15.7 Å². The van der Waals surface area contributed by atoms with Gasteiger partial charge in [0.2, 0.25) is 0 Å². The van der Waals surface area contributed by atoms with Crippen LogP contribution in [0.5, 0.6) is 0 Å². The molecule has 0 saturated heterocycles. The summed E-state index contributed by atoms with van der Waals surface area (Å²) in [4.78, 5) is 11.3. The fourth-order valence-electron chi connectivity index (χ4n) is 1.54. The highest BCUT2D eigenvalue weighted by Crippen LogP contribution is 2.29. The highest BCUT2D eigenvalue weighted by Gasteiger charge is 2.16. The van der Waals surface area contributed by atoms with Gasteiger partial charge in [-0.3, -0.25) is 4.79 Å². The van der Waals surface area contributed by atoms with E-state index in [9.17, 15) is 4.79 Å². The lowest BCUT2D eigenvalue weighted by atomic mass is 10.3. The maximum Gasteiger partial charge on any atom is 0.267 e. The standard InChI is InChI=1S/C11H9Cl2N3O/c1-6-5-9(11(14)17)16(15-6)10-7(12)3-2-4-8(10)13/h2-5H,1H3,(H2,14,17). The first-order valence-electron chi connectivity index (χ1n) is 4.81. The number of carbonyl (C=O) groups excluding carboxylic acids is 1. The Labute approximate surface area is 108 Å². The van der Waals surface area contributed by atoms with Crippen LogP contribution in [0.15, 0.2) is 24.3 Å². The molecule has 1 amide bonds. The normalized spacial score (nSPS) is 10.5. The Kier molecular flexibility index (Phi) is 3.09. The number of carbonyl (C=O) groups is 1. The second-order valence-electron chi connectivity index (χ2n) is 3.52. The summed E-state index contributed by atoms with van der Waals surface area (Å²) in [5.41, 5.74) is 6.65. The lowest BCUT2D eigenvalue weighted by Crippen LogP contribution is -2.17. The van der Waals surface area contributed by atoms with Crippen molar-refractivity contribution in [3.8, 4) is 5.69 Å². The lowest BCUT2D eigenvalue weighted by molar-refractivity contribution is 0.0993. The van der Waals surface area contributed by atoms with E-state index in [0.717, 1.165) is 0 Å². The number of hydrogen-bond acceptors (Lipinski definition) is 2. The van der Waals surface area contributed by atoms with E-state index in [-0.39, 0.29) is 5.69 Å². The van der Waals surface area contributed by atoms with Crippen LogP contribution < -0.4 is 5.73 Å². The molecule has 6 heteroatoms. The van der Waals surface area contributed by atoms with E-state index in [0.29, 0.717) is 21.4 Å². The van der Waals surface area contributed by atoms with Crippen molar-refractivity contribution in [1.29, 1.82) is 0 Å². The van der Waals surface area contributed by atoms with Gasteiger partial charge in [-0.25, -0.2) is 4.68 Å². The second kappa shape index (κ2) is 4.39.